The standard InChI is InChI=1S/C20H20N2O4/c1-20(12-21,13-7-8-13)22-18(23)11-26-19(24)16-9-10-17(25-2)15-6-4-3-5-14(15)16/h3-6,9-10,13H,7-8,11H2,1-2H3,(H,22,23)/t20-/m0/s1. The number of ether oxygens (including phenoxy) is 2. The van der Waals surface area contributed by atoms with E-state index in [0.717, 1.165) is 18.2 Å². The van der Waals surface area contributed by atoms with Crippen molar-refractivity contribution in [3.05, 3.63) is 42.0 Å². The Labute approximate surface area is 151 Å². The Balaban J connectivity index is 1.70. The normalized spacial score (nSPS) is 15.6. The predicted octanol–water partition coefficient (Wildman–Crippen LogP) is 2.81. The van der Waals surface area contributed by atoms with Gasteiger partial charge in [0.15, 0.2) is 6.61 Å². The van der Waals surface area contributed by atoms with Crippen LogP contribution in [0.4, 0.5) is 0 Å². The second-order valence-electron chi connectivity index (χ2n) is 6.57. The van der Waals surface area contributed by atoms with Crippen LogP contribution in [-0.4, -0.2) is 31.1 Å². The number of nitrogens with zero attached hydrogens (tertiary/aromatic N) is 1. The first-order valence-electron chi connectivity index (χ1n) is 8.43. The Kier molecular flexibility index (Phi) is 4.81. The molecule has 2 aromatic rings. The summed E-state index contributed by atoms with van der Waals surface area (Å²) in [5.74, 6) is -0.252. The Morgan fingerprint density at radius 2 is 1.92 bits per heavy atom. The Morgan fingerprint density at radius 1 is 1.23 bits per heavy atom. The van der Waals surface area contributed by atoms with E-state index in [1.807, 2.05) is 18.2 Å². The number of rotatable bonds is 6. The average molecular weight is 352 g/mol. The lowest BCUT2D eigenvalue weighted by Gasteiger charge is -2.22. The lowest BCUT2D eigenvalue weighted by atomic mass is 9.98. The summed E-state index contributed by atoms with van der Waals surface area (Å²) in [6.45, 7) is 1.27. The van der Waals surface area contributed by atoms with Gasteiger partial charge >= 0.3 is 5.97 Å². The highest BCUT2D eigenvalue weighted by Crippen LogP contribution is 2.39. The van der Waals surface area contributed by atoms with Gasteiger partial charge in [-0.1, -0.05) is 24.3 Å². The molecule has 1 fully saturated rings. The first-order chi connectivity index (χ1) is 12.5. The zero-order valence-corrected chi connectivity index (χ0v) is 14.7. The van der Waals surface area contributed by atoms with Crippen LogP contribution in [0.25, 0.3) is 10.8 Å². The first-order valence-corrected chi connectivity index (χ1v) is 8.43. The van der Waals surface area contributed by atoms with Crippen LogP contribution in [-0.2, 0) is 9.53 Å². The highest BCUT2D eigenvalue weighted by molar-refractivity contribution is 6.06. The van der Waals surface area contributed by atoms with Crippen molar-refractivity contribution in [2.75, 3.05) is 13.7 Å². The SMILES string of the molecule is COc1ccc(C(=O)OCC(=O)N[C@@](C)(C#N)C2CC2)c2ccccc12. The minimum atomic E-state index is -0.906. The molecule has 1 aliphatic rings. The number of hydrogen-bond donors (Lipinski definition) is 1. The summed E-state index contributed by atoms with van der Waals surface area (Å²) in [6, 6.07) is 12.8. The molecule has 0 saturated heterocycles. The Hall–Kier alpha value is -3.07. The van der Waals surface area contributed by atoms with E-state index in [-0.39, 0.29) is 5.92 Å². The van der Waals surface area contributed by atoms with Gasteiger partial charge in [0.1, 0.15) is 11.3 Å². The van der Waals surface area contributed by atoms with Crippen LogP contribution in [0.5, 0.6) is 5.75 Å². The molecule has 6 heteroatoms. The van der Waals surface area contributed by atoms with Crippen LogP contribution >= 0.6 is 0 Å². The van der Waals surface area contributed by atoms with Gasteiger partial charge in [-0.2, -0.15) is 5.26 Å². The van der Waals surface area contributed by atoms with Gasteiger partial charge in [-0.25, -0.2) is 4.79 Å². The van der Waals surface area contributed by atoms with Crippen LogP contribution in [0.3, 0.4) is 0 Å². The molecular weight excluding hydrogens is 332 g/mol. The van der Waals surface area contributed by atoms with E-state index in [9.17, 15) is 14.9 Å². The van der Waals surface area contributed by atoms with Gasteiger partial charge in [0, 0.05) is 5.39 Å². The molecule has 0 radical (unpaired) electrons. The third-order valence-electron chi connectivity index (χ3n) is 4.68. The van der Waals surface area contributed by atoms with E-state index >= 15 is 0 Å². The molecule has 2 aromatic carbocycles. The van der Waals surface area contributed by atoms with Gasteiger partial charge in [0.2, 0.25) is 0 Å². The Bertz CT molecular complexity index is 898. The third kappa shape index (κ3) is 3.47. The lowest BCUT2D eigenvalue weighted by Crippen LogP contribution is -2.48. The maximum absolute atomic E-state index is 12.4. The summed E-state index contributed by atoms with van der Waals surface area (Å²) in [5, 5.41) is 13.4. The van der Waals surface area contributed by atoms with Crippen molar-refractivity contribution in [3.63, 3.8) is 0 Å². The summed E-state index contributed by atoms with van der Waals surface area (Å²) < 4.78 is 10.5. The van der Waals surface area contributed by atoms with Gasteiger partial charge in [0.25, 0.3) is 5.91 Å². The highest BCUT2D eigenvalue weighted by Gasteiger charge is 2.43. The molecule has 0 heterocycles. The zero-order valence-electron chi connectivity index (χ0n) is 14.7. The largest absolute Gasteiger partial charge is 0.496 e. The van der Waals surface area contributed by atoms with Gasteiger partial charge in [0.05, 0.1) is 18.7 Å². The number of esters is 1. The summed E-state index contributed by atoms with van der Waals surface area (Å²) in [4.78, 5) is 24.5. The van der Waals surface area contributed by atoms with Gasteiger partial charge < -0.3 is 14.8 Å². The minimum Gasteiger partial charge on any atom is -0.496 e. The molecule has 1 atom stereocenters. The number of carbonyl (C=O) groups is 2. The molecule has 0 aromatic heterocycles. The van der Waals surface area contributed by atoms with Crippen molar-refractivity contribution >= 4 is 22.6 Å². The van der Waals surface area contributed by atoms with Crippen molar-refractivity contribution in [3.8, 4) is 11.8 Å². The van der Waals surface area contributed by atoms with Crippen LogP contribution in [0.15, 0.2) is 36.4 Å². The monoisotopic (exact) mass is 352 g/mol. The second kappa shape index (κ2) is 7.04. The molecular formula is C20H20N2O4. The highest BCUT2D eigenvalue weighted by atomic mass is 16.5. The molecule has 0 unspecified atom stereocenters. The summed E-state index contributed by atoms with van der Waals surface area (Å²) in [6.07, 6.45) is 1.84. The van der Waals surface area contributed by atoms with E-state index in [2.05, 4.69) is 11.4 Å². The molecule has 1 aliphatic carbocycles. The number of carbonyl (C=O) groups excluding carboxylic acids is 2. The van der Waals surface area contributed by atoms with E-state index in [0.29, 0.717) is 16.7 Å². The molecule has 134 valence electrons. The molecule has 3 rings (SSSR count). The molecule has 0 aliphatic heterocycles. The quantitative estimate of drug-likeness (QED) is 0.808. The zero-order chi connectivity index (χ0) is 18.7. The maximum atomic E-state index is 12.4. The maximum Gasteiger partial charge on any atom is 0.339 e. The number of hydrogen-bond acceptors (Lipinski definition) is 5. The molecule has 0 bridgehead atoms. The number of methoxy groups -OCH3 is 1. The van der Waals surface area contributed by atoms with Crippen molar-refractivity contribution in [2.24, 2.45) is 5.92 Å². The lowest BCUT2D eigenvalue weighted by molar-refractivity contribution is -0.125. The van der Waals surface area contributed by atoms with Crippen molar-refractivity contribution in [2.45, 2.75) is 25.3 Å². The number of benzene rings is 2. The van der Waals surface area contributed by atoms with E-state index in [4.69, 9.17) is 9.47 Å². The van der Waals surface area contributed by atoms with Crippen LogP contribution < -0.4 is 10.1 Å². The molecule has 1 amide bonds. The molecule has 1 saturated carbocycles. The van der Waals surface area contributed by atoms with E-state index in [1.54, 1.807) is 32.2 Å². The predicted molar refractivity (Wildman–Crippen MR) is 95.7 cm³/mol. The van der Waals surface area contributed by atoms with Crippen molar-refractivity contribution < 1.29 is 19.1 Å². The minimum absolute atomic E-state index is 0.165. The first kappa shape index (κ1) is 17.7. The molecule has 0 spiro atoms. The molecule has 26 heavy (non-hydrogen) atoms. The number of fused-ring (bicyclic) bond motifs is 1. The smallest absolute Gasteiger partial charge is 0.339 e. The molecule has 6 nitrogen and oxygen atoms in total. The molecule has 1 N–H and O–H groups in total. The number of amides is 1. The van der Waals surface area contributed by atoms with E-state index < -0.39 is 24.0 Å². The van der Waals surface area contributed by atoms with Gasteiger partial charge in [-0.15, -0.1) is 0 Å². The fourth-order valence-corrected chi connectivity index (χ4v) is 3.04. The van der Waals surface area contributed by atoms with Crippen molar-refractivity contribution in [1.82, 2.24) is 5.32 Å². The third-order valence-corrected chi connectivity index (χ3v) is 4.68. The number of nitrogens with one attached hydrogen (secondary N) is 1. The summed E-state index contributed by atoms with van der Waals surface area (Å²) in [5.41, 5.74) is -0.546. The summed E-state index contributed by atoms with van der Waals surface area (Å²) >= 11 is 0. The van der Waals surface area contributed by atoms with E-state index in [1.165, 1.54) is 0 Å². The van der Waals surface area contributed by atoms with Gasteiger partial charge in [-0.05, 0) is 43.2 Å². The van der Waals surface area contributed by atoms with Crippen molar-refractivity contribution in [1.29, 1.82) is 5.26 Å². The van der Waals surface area contributed by atoms with Gasteiger partial charge in [-0.3, -0.25) is 4.79 Å². The van der Waals surface area contributed by atoms with Crippen LogP contribution in [0.1, 0.15) is 30.1 Å². The average Bonchev–Trinajstić information content (AvgIpc) is 3.51. The fourth-order valence-electron chi connectivity index (χ4n) is 3.04. The second-order valence-corrected chi connectivity index (χ2v) is 6.57. The topological polar surface area (TPSA) is 88.4 Å². The fraction of sp³-hybridized carbons (Fsp3) is 0.350. The van der Waals surface area contributed by atoms with Crippen LogP contribution in [0.2, 0.25) is 0 Å². The Morgan fingerprint density at radius 3 is 2.54 bits per heavy atom. The summed E-state index contributed by atoms with van der Waals surface area (Å²) in [7, 11) is 1.57. The van der Waals surface area contributed by atoms with Crippen LogP contribution in [0, 0.1) is 17.2 Å². The number of nitriles is 1.